The van der Waals surface area contributed by atoms with E-state index < -0.39 is 29.3 Å². The van der Waals surface area contributed by atoms with Gasteiger partial charge in [-0.3, -0.25) is 4.90 Å². The Labute approximate surface area is 246 Å². The van der Waals surface area contributed by atoms with Crippen LogP contribution in [-0.2, 0) is 5.92 Å². The fourth-order valence-electron chi connectivity index (χ4n) is 6.12. The average Bonchev–Trinajstić information content (AvgIpc) is 2.96. The topological polar surface area (TPSA) is 69.7 Å². The summed E-state index contributed by atoms with van der Waals surface area (Å²) in [5.74, 6) is -3.60. The lowest BCUT2D eigenvalue weighted by atomic mass is 9.85. The van der Waals surface area contributed by atoms with Crippen LogP contribution in [0.1, 0.15) is 56.6 Å². The number of rotatable bonds is 8. The molecule has 1 aromatic carbocycles. The van der Waals surface area contributed by atoms with Crippen molar-refractivity contribution >= 4 is 22.5 Å². The maximum atomic E-state index is 15.8. The number of ether oxygens (including phenoxy) is 1. The summed E-state index contributed by atoms with van der Waals surface area (Å²) in [5, 5.41) is 3.94. The van der Waals surface area contributed by atoms with Crippen molar-refractivity contribution < 1.29 is 17.9 Å². The minimum absolute atomic E-state index is 0.163. The first-order valence-electron chi connectivity index (χ1n) is 14.8. The van der Waals surface area contributed by atoms with Crippen LogP contribution in [0.5, 0.6) is 5.88 Å². The number of hydrogen-bond donors (Lipinski definition) is 1. The molecule has 3 aromatic rings. The Hall–Kier alpha value is -3.18. The zero-order valence-corrected chi connectivity index (χ0v) is 25.4. The van der Waals surface area contributed by atoms with E-state index in [0.717, 1.165) is 31.9 Å². The van der Waals surface area contributed by atoms with Gasteiger partial charge >= 0.3 is 0 Å². The first-order chi connectivity index (χ1) is 20.0. The molecule has 1 atom stereocenters. The van der Waals surface area contributed by atoms with E-state index in [1.165, 1.54) is 12.1 Å². The third kappa shape index (κ3) is 5.99. The molecule has 0 amide bonds. The first kappa shape index (κ1) is 30.3. The van der Waals surface area contributed by atoms with Crippen LogP contribution in [0.4, 0.5) is 24.7 Å². The van der Waals surface area contributed by atoms with Crippen LogP contribution in [0.15, 0.2) is 24.3 Å². The Kier molecular flexibility index (Phi) is 8.80. The highest BCUT2D eigenvalue weighted by Gasteiger charge is 2.44. The van der Waals surface area contributed by atoms with Gasteiger partial charge in [0, 0.05) is 43.7 Å². The number of hydrogen-bond acceptors (Lipinski definition) is 8. The predicted molar refractivity (Wildman–Crippen MR) is 160 cm³/mol. The third-order valence-corrected chi connectivity index (χ3v) is 8.76. The number of nitrogens with zero attached hydrogens (tertiary/aromatic N) is 6. The Morgan fingerprint density at radius 1 is 1.00 bits per heavy atom. The molecule has 2 aromatic heterocycles. The van der Waals surface area contributed by atoms with Gasteiger partial charge in [-0.05, 0) is 66.7 Å². The summed E-state index contributed by atoms with van der Waals surface area (Å²) in [6, 6.07) is 6.08. The van der Waals surface area contributed by atoms with E-state index >= 15 is 13.2 Å². The number of alkyl halides is 2. The summed E-state index contributed by atoms with van der Waals surface area (Å²) in [6.45, 7) is 12.5. The lowest BCUT2D eigenvalue weighted by molar-refractivity contribution is -0.0862. The lowest BCUT2D eigenvalue weighted by Crippen LogP contribution is -2.49. The summed E-state index contributed by atoms with van der Waals surface area (Å²) in [4.78, 5) is 20.5. The molecule has 2 aliphatic heterocycles. The summed E-state index contributed by atoms with van der Waals surface area (Å²) < 4.78 is 52.7. The predicted octanol–water partition coefficient (Wildman–Crippen LogP) is 5.62. The van der Waals surface area contributed by atoms with E-state index in [0.29, 0.717) is 60.5 Å². The highest BCUT2D eigenvalue weighted by molar-refractivity contribution is 5.90. The Bertz CT molecular complexity index is 1400. The van der Waals surface area contributed by atoms with E-state index in [9.17, 15) is 0 Å². The van der Waals surface area contributed by atoms with Crippen molar-refractivity contribution in [3.8, 4) is 5.88 Å². The van der Waals surface area contributed by atoms with Crippen molar-refractivity contribution in [2.75, 3.05) is 63.6 Å². The van der Waals surface area contributed by atoms with Gasteiger partial charge in [0.1, 0.15) is 23.1 Å². The fraction of sp³-hybridized carbons (Fsp3) is 0.581. The molecule has 2 fully saturated rings. The minimum Gasteiger partial charge on any atom is -0.479 e. The molecular formula is C31H42F3N7O. The van der Waals surface area contributed by atoms with Crippen LogP contribution in [0, 0.1) is 18.7 Å². The molecule has 42 heavy (non-hydrogen) atoms. The number of methoxy groups -OCH3 is 1. The van der Waals surface area contributed by atoms with Gasteiger partial charge in [-0.15, -0.1) is 0 Å². The molecule has 0 saturated carbocycles. The van der Waals surface area contributed by atoms with Crippen molar-refractivity contribution in [3.05, 3.63) is 47.0 Å². The van der Waals surface area contributed by atoms with Gasteiger partial charge in [-0.2, -0.15) is 4.98 Å². The molecule has 11 heteroatoms. The van der Waals surface area contributed by atoms with Crippen molar-refractivity contribution in [1.82, 2.24) is 24.8 Å². The Morgan fingerprint density at radius 2 is 1.69 bits per heavy atom. The summed E-state index contributed by atoms with van der Waals surface area (Å²) in [6.07, 6.45) is 0.664. The maximum Gasteiger partial charge on any atom is 0.278 e. The largest absolute Gasteiger partial charge is 0.479 e. The second kappa shape index (κ2) is 12.2. The van der Waals surface area contributed by atoms with Gasteiger partial charge in [0.05, 0.1) is 24.1 Å². The molecule has 2 aliphatic rings. The number of benzene rings is 1. The summed E-state index contributed by atoms with van der Waals surface area (Å²) in [7, 11) is 3.51. The number of anilines is 2. The van der Waals surface area contributed by atoms with E-state index in [-0.39, 0.29) is 5.56 Å². The first-order valence-corrected chi connectivity index (χ1v) is 14.8. The molecule has 5 rings (SSSR count). The van der Waals surface area contributed by atoms with Crippen LogP contribution >= 0.6 is 0 Å². The van der Waals surface area contributed by atoms with Crippen LogP contribution < -0.4 is 15.0 Å². The summed E-state index contributed by atoms with van der Waals surface area (Å²) in [5.41, 5.74) is 0.904. The number of halogens is 3. The molecule has 4 heterocycles. The van der Waals surface area contributed by atoms with Gasteiger partial charge in [0.25, 0.3) is 5.92 Å². The second-order valence-electron chi connectivity index (χ2n) is 11.9. The van der Waals surface area contributed by atoms with Crippen LogP contribution in [0.3, 0.4) is 0 Å². The van der Waals surface area contributed by atoms with Crippen molar-refractivity contribution in [2.24, 2.45) is 5.92 Å². The minimum atomic E-state index is -3.26. The highest BCUT2D eigenvalue weighted by atomic mass is 19.3. The Morgan fingerprint density at radius 3 is 2.33 bits per heavy atom. The number of pyridine rings is 1. The molecule has 1 N–H and O–H groups in total. The van der Waals surface area contributed by atoms with E-state index in [1.807, 2.05) is 18.0 Å². The van der Waals surface area contributed by atoms with E-state index in [4.69, 9.17) is 9.72 Å². The molecule has 0 unspecified atom stereocenters. The standard InChI is InChI=1S/C31H42F3N7O/c1-19(2)40-14-16-41(17-15-40)26-18-24-28(36-21(4)37-29(24)38-30(26)42-6)35-20(3)23-8-7-9-25(27(23)32)31(33,34)22-10-12-39(5)13-11-22/h7-9,18-20,22H,10-17H2,1-6H3,(H,35,36,37,38)/t20-/m1/s1. The van der Waals surface area contributed by atoms with Gasteiger partial charge in [-0.25, -0.2) is 23.1 Å². The molecule has 0 aliphatic carbocycles. The van der Waals surface area contributed by atoms with Crippen molar-refractivity contribution in [3.63, 3.8) is 0 Å². The lowest BCUT2D eigenvalue weighted by Gasteiger charge is -2.38. The summed E-state index contributed by atoms with van der Waals surface area (Å²) >= 11 is 0. The molecular weight excluding hydrogens is 543 g/mol. The highest BCUT2D eigenvalue weighted by Crippen LogP contribution is 2.43. The SMILES string of the molecule is COc1nc2nc(C)nc(N[C@H](C)c3cccc(C(F)(F)C4CCN(C)CC4)c3F)c2cc1N1CCN(C(C)C)CC1. The third-order valence-electron chi connectivity index (χ3n) is 8.76. The quantitative estimate of drug-likeness (QED) is 0.366. The Balaban J connectivity index is 1.45. The van der Waals surface area contributed by atoms with Crippen LogP contribution in [0.2, 0.25) is 0 Å². The number of aromatic nitrogens is 3. The average molecular weight is 586 g/mol. The molecule has 0 bridgehead atoms. The van der Waals surface area contributed by atoms with Crippen LogP contribution in [-0.4, -0.2) is 84.2 Å². The van der Waals surface area contributed by atoms with Gasteiger partial charge in [-0.1, -0.05) is 18.2 Å². The zero-order chi connectivity index (χ0) is 30.2. The van der Waals surface area contributed by atoms with E-state index in [1.54, 1.807) is 27.0 Å². The molecule has 0 radical (unpaired) electrons. The number of fused-ring (bicyclic) bond motifs is 1. The van der Waals surface area contributed by atoms with E-state index in [2.05, 4.69) is 38.9 Å². The van der Waals surface area contributed by atoms with Gasteiger partial charge in [0.15, 0.2) is 5.65 Å². The number of piperidine rings is 1. The second-order valence-corrected chi connectivity index (χ2v) is 11.9. The van der Waals surface area contributed by atoms with Crippen LogP contribution in [0.25, 0.3) is 11.0 Å². The monoisotopic (exact) mass is 585 g/mol. The molecule has 2 saturated heterocycles. The maximum absolute atomic E-state index is 15.8. The van der Waals surface area contributed by atoms with Crippen molar-refractivity contribution in [2.45, 2.75) is 58.5 Å². The number of aryl methyl sites for hydroxylation is 1. The molecule has 228 valence electrons. The zero-order valence-electron chi connectivity index (χ0n) is 25.4. The number of nitrogens with one attached hydrogen (secondary N) is 1. The van der Waals surface area contributed by atoms with Gasteiger partial charge in [0.2, 0.25) is 5.88 Å². The molecule has 8 nitrogen and oxygen atoms in total. The molecule has 0 spiro atoms. The number of likely N-dealkylation sites (tertiary alicyclic amines) is 1. The number of piperazine rings is 1. The van der Waals surface area contributed by atoms with Crippen molar-refractivity contribution in [1.29, 1.82) is 0 Å². The normalized spacial score (nSPS) is 18.6. The smallest absolute Gasteiger partial charge is 0.278 e. The van der Waals surface area contributed by atoms with Gasteiger partial charge < -0.3 is 19.9 Å². The fourth-order valence-corrected chi connectivity index (χ4v) is 6.12.